The highest BCUT2D eigenvalue weighted by atomic mass is 79.9. The van der Waals surface area contributed by atoms with Gasteiger partial charge in [0, 0.05) is 25.0 Å². The van der Waals surface area contributed by atoms with Crippen LogP contribution in [0.3, 0.4) is 0 Å². The van der Waals surface area contributed by atoms with Crippen LogP contribution in [0.1, 0.15) is 21.9 Å². The van der Waals surface area contributed by atoms with E-state index in [2.05, 4.69) is 30.9 Å². The number of aromatic carboxylic acids is 1. The Morgan fingerprint density at radius 1 is 1.41 bits per heavy atom. The summed E-state index contributed by atoms with van der Waals surface area (Å²) in [6.07, 6.45) is 5.28. The van der Waals surface area contributed by atoms with Gasteiger partial charge in [-0.3, -0.25) is 4.98 Å². The Morgan fingerprint density at radius 2 is 2.24 bits per heavy atom. The van der Waals surface area contributed by atoms with Gasteiger partial charge in [-0.25, -0.2) is 14.8 Å². The number of hydrogen-bond donors (Lipinski definition) is 1. The van der Waals surface area contributed by atoms with Crippen molar-refractivity contribution in [2.24, 2.45) is 0 Å². The standard InChI is InChI=1S/C11H8BrN3O2/c12-8-6-14-9(15-10(8)11(16)17)4-7-2-1-3-13-5-7/h1-3,5-6H,4H2,(H,16,17). The van der Waals surface area contributed by atoms with Crippen LogP contribution < -0.4 is 0 Å². The molecular weight excluding hydrogens is 286 g/mol. The van der Waals surface area contributed by atoms with Crippen molar-refractivity contribution in [3.05, 3.63) is 52.3 Å². The molecule has 2 rings (SSSR count). The summed E-state index contributed by atoms with van der Waals surface area (Å²) in [7, 11) is 0. The number of nitrogens with zero attached hydrogens (tertiary/aromatic N) is 3. The van der Waals surface area contributed by atoms with Crippen LogP contribution in [0.5, 0.6) is 0 Å². The summed E-state index contributed by atoms with van der Waals surface area (Å²) < 4.78 is 0.375. The summed E-state index contributed by atoms with van der Waals surface area (Å²) in [6, 6.07) is 3.70. The average Bonchev–Trinajstić information content (AvgIpc) is 2.32. The Kier molecular flexibility index (Phi) is 3.43. The minimum atomic E-state index is -1.08. The Labute approximate surface area is 106 Å². The number of halogens is 1. The van der Waals surface area contributed by atoms with Crippen LogP contribution in [0.25, 0.3) is 0 Å². The Hall–Kier alpha value is -1.82. The molecule has 17 heavy (non-hydrogen) atoms. The van der Waals surface area contributed by atoms with Gasteiger partial charge in [0.15, 0.2) is 5.69 Å². The molecule has 2 heterocycles. The van der Waals surface area contributed by atoms with Crippen molar-refractivity contribution >= 4 is 21.9 Å². The van der Waals surface area contributed by atoms with Crippen LogP contribution in [0.4, 0.5) is 0 Å². The molecular formula is C11H8BrN3O2. The molecule has 2 aromatic heterocycles. The SMILES string of the molecule is O=C(O)c1nc(Cc2cccnc2)ncc1Br. The fourth-order valence-electron chi connectivity index (χ4n) is 1.32. The topological polar surface area (TPSA) is 76.0 Å². The smallest absolute Gasteiger partial charge is 0.355 e. The third kappa shape index (κ3) is 2.85. The second-order valence-corrected chi connectivity index (χ2v) is 4.18. The molecule has 2 aromatic rings. The van der Waals surface area contributed by atoms with Crippen LogP contribution >= 0.6 is 15.9 Å². The van der Waals surface area contributed by atoms with Gasteiger partial charge >= 0.3 is 5.97 Å². The Balaban J connectivity index is 2.29. The minimum absolute atomic E-state index is 0.0288. The van der Waals surface area contributed by atoms with E-state index in [1.807, 2.05) is 12.1 Å². The molecule has 6 heteroatoms. The zero-order chi connectivity index (χ0) is 12.3. The van der Waals surface area contributed by atoms with Crippen LogP contribution in [0, 0.1) is 0 Å². The molecule has 0 saturated heterocycles. The van der Waals surface area contributed by atoms with Crippen LogP contribution in [0.15, 0.2) is 35.2 Å². The van der Waals surface area contributed by atoms with Crippen molar-refractivity contribution < 1.29 is 9.90 Å². The van der Waals surface area contributed by atoms with E-state index in [0.717, 1.165) is 5.56 Å². The monoisotopic (exact) mass is 293 g/mol. The van der Waals surface area contributed by atoms with Crippen LogP contribution in [-0.2, 0) is 6.42 Å². The molecule has 0 amide bonds. The highest BCUT2D eigenvalue weighted by molar-refractivity contribution is 9.10. The lowest BCUT2D eigenvalue weighted by Gasteiger charge is -2.02. The molecule has 86 valence electrons. The largest absolute Gasteiger partial charge is 0.476 e. The van der Waals surface area contributed by atoms with Gasteiger partial charge in [-0.1, -0.05) is 6.07 Å². The van der Waals surface area contributed by atoms with E-state index in [-0.39, 0.29) is 5.69 Å². The van der Waals surface area contributed by atoms with Crippen molar-refractivity contribution in [2.45, 2.75) is 6.42 Å². The predicted molar refractivity (Wildman–Crippen MR) is 63.7 cm³/mol. The number of aromatic nitrogens is 3. The molecule has 0 aromatic carbocycles. The highest BCUT2D eigenvalue weighted by Gasteiger charge is 2.12. The van der Waals surface area contributed by atoms with E-state index >= 15 is 0 Å². The van der Waals surface area contributed by atoms with Gasteiger partial charge in [-0.05, 0) is 27.6 Å². The first-order chi connectivity index (χ1) is 8.16. The summed E-state index contributed by atoms with van der Waals surface area (Å²) in [5, 5.41) is 8.92. The number of pyridine rings is 1. The first-order valence-electron chi connectivity index (χ1n) is 4.80. The molecule has 0 saturated carbocycles. The first kappa shape index (κ1) is 11.7. The lowest BCUT2D eigenvalue weighted by molar-refractivity contribution is 0.0688. The fraction of sp³-hybridized carbons (Fsp3) is 0.0909. The number of rotatable bonds is 3. The third-order valence-corrected chi connectivity index (χ3v) is 2.66. The first-order valence-corrected chi connectivity index (χ1v) is 5.59. The van der Waals surface area contributed by atoms with Gasteiger partial charge in [0.2, 0.25) is 0 Å². The molecule has 0 aliphatic rings. The molecule has 1 N–H and O–H groups in total. The lowest BCUT2D eigenvalue weighted by Crippen LogP contribution is -2.06. The van der Waals surface area contributed by atoms with E-state index in [9.17, 15) is 4.79 Å². The fourth-order valence-corrected chi connectivity index (χ4v) is 1.68. The Bertz CT molecular complexity index is 546. The second-order valence-electron chi connectivity index (χ2n) is 3.33. The van der Waals surface area contributed by atoms with Gasteiger partial charge in [-0.15, -0.1) is 0 Å². The third-order valence-electron chi connectivity index (χ3n) is 2.08. The van der Waals surface area contributed by atoms with Crippen LogP contribution in [0.2, 0.25) is 0 Å². The van der Waals surface area contributed by atoms with Crippen molar-refractivity contribution in [1.82, 2.24) is 15.0 Å². The minimum Gasteiger partial charge on any atom is -0.476 e. The summed E-state index contributed by atoms with van der Waals surface area (Å²) in [6.45, 7) is 0. The average molecular weight is 294 g/mol. The van der Waals surface area contributed by atoms with Crippen molar-refractivity contribution in [3.8, 4) is 0 Å². The molecule has 0 atom stereocenters. The maximum Gasteiger partial charge on any atom is 0.355 e. The van der Waals surface area contributed by atoms with E-state index < -0.39 is 5.97 Å². The van der Waals surface area contributed by atoms with Gasteiger partial charge in [-0.2, -0.15) is 0 Å². The predicted octanol–water partition coefficient (Wildman–Crippen LogP) is 1.92. The van der Waals surface area contributed by atoms with Crippen molar-refractivity contribution in [3.63, 3.8) is 0 Å². The normalized spacial score (nSPS) is 10.2. The molecule has 0 radical (unpaired) electrons. The maximum absolute atomic E-state index is 10.9. The summed E-state index contributed by atoms with van der Waals surface area (Å²) in [5.41, 5.74) is 0.907. The van der Waals surface area contributed by atoms with Gasteiger partial charge in [0.1, 0.15) is 5.82 Å². The van der Waals surface area contributed by atoms with Gasteiger partial charge < -0.3 is 5.11 Å². The number of carbonyl (C=O) groups is 1. The maximum atomic E-state index is 10.9. The van der Waals surface area contributed by atoms with Crippen molar-refractivity contribution in [1.29, 1.82) is 0 Å². The van der Waals surface area contributed by atoms with E-state index in [1.165, 1.54) is 6.20 Å². The summed E-state index contributed by atoms with van der Waals surface area (Å²) in [4.78, 5) is 22.9. The number of carboxylic acid groups (broad SMARTS) is 1. The zero-order valence-corrected chi connectivity index (χ0v) is 10.3. The van der Waals surface area contributed by atoms with Crippen molar-refractivity contribution in [2.75, 3.05) is 0 Å². The van der Waals surface area contributed by atoms with E-state index in [1.54, 1.807) is 12.4 Å². The quantitative estimate of drug-likeness (QED) is 0.936. The Morgan fingerprint density at radius 3 is 2.88 bits per heavy atom. The molecule has 0 aliphatic heterocycles. The number of carboxylic acids is 1. The van der Waals surface area contributed by atoms with E-state index in [0.29, 0.717) is 16.7 Å². The zero-order valence-electron chi connectivity index (χ0n) is 8.67. The van der Waals surface area contributed by atoms with Gasteiger partial charge in [0.25, 0.3) is 0 Å². The second kappa shape index (κ2) is 5.01. The van der Waals surface area contributed by atoms with Gasteiger partial charge in [0.05, 0.1) is 4.47 Å². The highest BCUT2D eigenvalue weighted by Crippen LogP contribution is 2.14. The molecule has 0 unspecified atom stereocenters. The molecule has 0 aliphatic carbocycles. The summed E-state index contributed by atoms with van der Waals surface area (Å²) in [5.74, 6) is -0.620. The van der Waals surface area contributed by atoms with Crippen LogP contribution in [-0.4, -0.2) is 26.0 Å². The number of hydrogen-bond acceptors (Lipinski definition) is 4. The molecule has 0 bridgehead atoms. The van der Waals surface area contributed by atoms with E-state index in [4.69, 9.17) is 5.11 Å². The molecule has 0 spiro atoms. The molecule has 5 nitrogen and oxygen atoms in total. The summed E-state index contributed by atoms with van der Waals surface area (Å²) >= 11 is 3.10. The molecule has 0 fully saturated rings. The lowest BCUT2D eigenvalue weighted by atomic mass is 10.2.